The first-order valence-electron chi connectivity index (χ1n) is 6.57. The van der Waals surface area contributed by atoms with E-state index in [9.17, 15) is 14.9 Å². The van der Waals surface area contributed by atoms with Crippen LogP contribution in [0.15, 0.2) is 29.2 Å². The van der Waals surface area contributed by atoms with E-state index < -0.39 is 10.5 Å². The van der Waals surface area contributed by atoms with Crippen LogP contribution in [0, 0.1) is 10.1 Å². The minimum absolute atomic E-state index is 0.0906. The summed E-state index contributed by atoms with van der Waals surface area (Å²) in [7, 11) is 3.12. The Bertz CT molecular complexity index is 492. The molecule has 1 rings (SSSR count). The summed E-state index contributed by atoms with van der Waals surface area (Å²) >= 11 is 1.61. The van der Waals surface area contributed by atoms with Gasteiger partial charge in [0.05, 0.1) is 12.0 Å². The second-order valence-corrected chi connectivity index (χ2v) is 5.95. The fraction of sp³-hybridized carbons (Fsp3) is 0.500. The normalized spacial score (nSPS) is 13.5. The molecule has 1 N–H and O–H groups in total. The predicted molar refractivity (Wildman–Crippen MR) is 82.5 cm³/mol. The lowest BCUT2D eigenvalue weighted by Gasteiger charge is -2.25. The number of esters is 1. The summed E-state index contributed by atoms with van der Waals surface area (Å²) in [5, 5.41) is 13.5. The zero-order valence-corrected chi connectivity index (χ0v) is 13.2. The number of nitro groups is 1. The van der Waals surface area contributed by atoms with E-state index in [2.05, 4.69) is 5.32 Å². The number of nitrogens with zero attached hydrogens (tertiary/aromatic N) is 1. The van der Waals surface area contributed by atoms with Crippen LogP contribution in [0.5, 0.6) is 0 Å². The minimum Gasteiger partial charge on any atom is -0.468 e. The quantitative estimate of drug-likeness (QED) is 0.261. The fourth-order valence-electron chi connectivity index (χ4n) is 1.83. The van der Waals surface area contributed by atoms with Gasteiger partial charge in [0.25, 0.3) is 5.69 Å². The number of benzene rings is 1. The van der Waals surface area contributed by atoms with Gasteiger partial charge in [0.2, 0.25) is 0 Å². The van der Waals surface area contributed by atoms with Crippen molar-refractivity contribution in [3.05, 3.63) is 34.4 Å². The van der Waals surface area contributed by atoms with Crippen molar-refractivity contribution in [2.45, 2.75) is 30.2 Å². The zero-order chi connectivity index (χ0) is 15.9. The van der Waals surface area contributed by atoms with Crippen molar-refractivity contribution < 1.29 is 14.5 Å². The van der Waals surface area contributed by atoms with Crippen LogP contribution in [0.3, 0.4) is 0 Å². The van der Waals surface area contributed by atoms with E-state index in [1.54, 1.807) is 30.9 Å². The van der Waals surface area contributed by atoms with Crippen LogP contribution in [-0.2, 0) is 9.53 Å². The highest BCUT2D eigenvalue weighted by atomic mass is 32.2. The third-order valence-corrected chi connectivity index (χ3v) is 4.42. The molecule has 1 aromatic rings. The van der Waals surface area contributed by atoms with Crippen LogP contribution >= 0.6 is 11.8 Å². The molecule has 0 aromatic heterocycles. The van der Waals surface area contributed by atoms with Crippen molar-refractivity contribution in [1.29, 1.82) is 0 Å². The molecule has 1 aromatic carbocycles. The van der Waals surface area contributed by atoms with E-state index >= 15 is 0 Å². The average molecular weight is 312 g/mol. The molecule has 0 heterocycles. The first-order chi connectivity index (χ1) is 9.92. The Morgan fingerprint density at radius 2 is 2.05 bits per heavy atom. The van der Waals surface area contributed by atoms with Crippen LogP contribution in [0.25, 0.3) is 0 Å². The lowest BCUT2D eigenvalue weighted by atomic mass is 9.97. The molecule has 0 aliphatic carbocycles. The van der Waals surface area contributed by atoms with E-state index in [1.807, 2.05) is 6.92 Å². The summed E-state index contributed by atoms with van der Waals surface area (Å²) < 4.78 is 4.79. The number of carbonyl (C=O) groups excluding carboxylic acids is 1. The Morgan fingerprint density at radius 3 is 2.52 bits per heavy atom. The molecule has 6 nitrogen and oxygen atoms in total. The Balaban J connectivity index is 2.43. The van der Waals surface area contributed by atoms with Crippen molar-refractivity contribution in [2.24, 2.45) is 0 Å². The number of nitrogens with one attached hydrogen (secondary N) is 1. The molecule has 0 spiro atoms. The first kappa shape index (κ1) is 17.5. The smallest absolute Gasteiger partial charge is 0.325 e. The molecule has 21 heavy (non-hydrogen) atoms. The van der Waals surface area contributed by atoms with Gasteiger partial charge in [-0.25, -0.2) is 0 Å². The van der Waals surface area contributed by atoms with Crippen molar-refractivity contribution in [1.82, 2.24) is 5.32 Å². The fourth-order valence-corrected chi connectivity index (χ4v) is 2.69. The molecule has 0 aliphatic heterocycles. The number of methoxy groups -OCH3 is 1. The Morgan fingerprint density at radius 1 is 1.43 bits per heavy atom. The van der Waals surface area contributed by atoms with Crippen LogP contribution in [0.4, 0.5) is 5.69 Å². The summed E-state index contributed by atoms with van der Waals surface area (Å²) in [6.07, 6.45) is 1.49. The Labute approximate surface area is 128 Å². The molecule has 0 saturated heterocycles. The van der Waals surface area contributed by atoms with Crippen molar-refractivity contribution in [3.8, 4) is 0 Å². The van der Waals surface area contributed by atoms with Crippen molar-refractivity contribution >= 4 is 23.4 Å². The number of non-ortho nitro benzene ring substituents is 1. The molecule has 1 unspecified atom stereocenters. The molecule has 0 saturated carbocycles. The van der Waals surface area contributed by atoms with E-state index in [-0.39, 0.29) is 11.7 Å². The molecular weight excluding hydrogens is 292 g/mol. The van der Waals surface area contributed by atoms with Crippen LogP contribution in [0.1, 0.15) is 19.8 Å². The lowest BCUT2D eigenvalue weighted by molar-refractivity contribution is -0.384. The summed E-state index contributed by atoms with van der Waals surface area (Å²) in [6, 6.07) is 6.46. The molecule has 0 radical (unpaired) electrons. The van der Waals surface area contributed by atoms with E-state index in [1.165, 1.54) is 19.2 Å². The maximum Gasteiger partial charge on any atom is 0.325 e. The van der Waals surface area contributed by atoms with Gasteiger partial charge in [-0.15, -0.1) is 11.8 Å². The van der Waals surface area contributed by atoms with Crippen LogP contribution in [0.2, 0.25) is 0 Å². The van der Waals surface area contributed by atoms with Gasteiger partial charge in [-0.3, -0.25) is 14.9 Å². The second-order valence-electron chi connectivity index (χ2n) is 4.78. The molecule has 0 bridgehead atoms. The topological polar surface area (TPSA) is 81.5 Å². The second kappa shape index (κ2) is 7.99. The summed E-state index contributed by atoms with van der Waals surface area (Å²) in [5.74, 6) is 0.553. The van der Waals surface area contributed by atoms with Gasteiger partial charge in [-0.1, -0.05) is 0 Å². The molecule has 1 atom stereocenters. The maximum atomic E-state index is 11.7. The van der Waals surface area contributed by atoms with Gasteiger partial charge in [0, 0.05) is 17.0 Å². The molecule has 0 fully saturated rings. The molecule has 0 amide bonds. The average Bonchev–Trinajstić information content (AvgIpc) is 2.50. The minimum atomic E-state index is -0.676. The van der Waals surface area contributed by atoms with Gasteiger partial charge in [0.1, 0.15) is 5.54 Å². The zero-order valence-electron chi connectivity index (χ0n) is 12.4. The lowest BCUT2D eigenvalue weighted by Crippen LogP contribution is -2.48. The first-order valence-corrected chi connectivity index (χ1v) is 7.56. The third kappa shape index (κ3) is 5.02. The number of nitro benzene ring substituents is 1. The van der Waals surface area contributed by atoms with Gasteiger partial charge in [-0.2, -0.15) is 0 Å². The number of hydrogen-bond donors (Lipinski definition) is 1. The number of carbonyl (C=O) groups is 1. The van der Waals surface area contributed by atoms with Crippen molar-refractivity contribution in [3.63, 3.8) is 0 Å². The Hall–Kier alpha value is -1.60. The molecule has 116 valence electrons. The molecule has 7 heteroatoms. The Kier molecular flexibility index (Phi) is 6.64. The number of ether oxygens (including phenoxy) is 1. The number of hydrogen-bond acceptors (Lipinski definition) is 6. The monoisotopic (exact) mass is 312 g/mol. The standard InChI is InChI=1S/C14H20N2O4S/c1-14(15-2,13(17)20-3)9-4-10-21-12-7-5-11(6-8-12)16(18)19/h5-8,15H,4,9-10H2,1-3H3. The van der Waals surface area contributed by atoms with E-state index in [0.29, 0.717) is 6.42 Å². The van der Waals surface area contributed by atoms with E-state index in [0.717, 1.165) is 17.1 Å². The van der Waals surface area contributed by atoms with Crippen LogP contribution in [-0.4, -0.2) is 36.3 Å². The van der Waals surface area contributed by atoms with Gasteiger partial charge in [-0.05, 0) is 44.7 Å². The molecule has 0 aliphatic rings. The maximum absolute atomic E-state index is 11.7. The summed E-state index contributed by atoms with van der Waals surface area (Å²) in [4.78, 5) is 22.8. The molecular formula is C14H20N2O4S. The SMILES string of the molecule is CNC(C)(CCCSc1ccc([N+](=O)[O-])cc1)C(=O)OC. The number of likely N-dealkylation sites (N-methyl/N-ethyl adjacent to an activating group) is 1. The van der Waals surface area contributed by atoms with Crippen LogP contribution < -0.4 is 5.32 Å². The van der Waals surface area contributed by atoms with Gasteiger partial charge < -0.3 is 10.1 Å². The third-order valence-electron chi connectivity index (χ3n) is 3.33. The predicted octanol–water partition coefficient (Wildman–Crippen LogP) is 2.62. The highest BCUT2D eigenvalue weighted by Gasteiger charge is 2.31. The highest BCUT2D eigenvalue weighted by Crippen LogP contribution is 2.24. The van der Waals surface area contributed by atoms with Crippen molar-refractivity contribution in [2.75, 3.05) is 19.9 Å². The largest absolute Gasteiger partial charge is 0.468 e. The van der Waals surface area contributed by atoms with Gasteiger partial charge >= 0.3 is 5.97 Å². The van der Waals surface area contributed by atoms with Gasteiger partial charge in [0.15, 0.2) is 0 Å². The number of rotatable bonds is 8. The summed E-state index contributed by atoms with van der Waals surface area (Å²) in [6.45, 7) is 1.81. The highest BCUT2D eigenvalue weighted by molar-refractivity contribution is 7.99. The van der Waals surface area contributed by atoms with E-state index in [4.69, 9.17) is 4.74 Å². The number of thioether (sulfide) groups is 1. The summed E-state index contributed by atoms with van der Waals surface area (Å²) in [5.41, 5.74) is -0.585.